The van der Waals surface area contributed by atoms with Crippen LogP contribution in [-0.2, 0) is 4.79 Å². The summed E-state index contributed by atoms with van der Waals surface area (Å²) < 4.78 is 29.5. The molecule has 0 saturated heterocycles. The van der Waals surface area contributed by atoms with Gasteiger partial charge in [-0.3, -0.25) is 4.79 Å². The Balaban J connectivity index is 1.57. The van der Waals surface area contributed by atoms with Gasteiger partial charge in [0.15, 0.2) is 18.2 Å². The summed E-state index contributed by atoms with van der Waals surface area (Å²) in [4.78, 5) is 11.1. The van der Waals surface area contributed by atoms with Gasteiger partial charge in [-0.25, -0.2) is 4.39 Å². The van der Waals surface area contributed by atoms with Crippen LogP contribution in [0.5, 0.6) is 17.2 Å². The van der Waals surface area contributed by atoms with E-state index in [1.807, 2.05) is 0 Å². The van der Waals surface area contributed by atoms with Crippen molar-refractivity contribution in [3.63, 3.8) is 0 Å². The number of amides is 1. The maximum absolute atomic E-state index is 13.4. The van der Waals surface area contributed by atoms with Crippen molar-refractivity contribution >= 4 is 5.91 Å². The zero-order chi connectivity index (χ0) is 20.2. The molecule has 0 fully saturated rings. The Morgan fingerprint density at radius 1 is 1.07 bits per heavy atom. The molecule has 28 heavy (non-hydrogen) atoms. The molecule has 0 aliphatic heterocycles. The first-order valence-corrected chi connectivity index (χ1v) is 8.91. The molecule has 0 heterocycles. The molecule has 0 bridgehead atoms. The summed E-state index contributed by atoms with van der Waals surface area (Å²) in [5.74, 6) is 0.700. The molecule has 8 heteroatoms. The van der Waals surface area contributed by atoms with Gasteiger partial charge in [-0.2, -0.15) is 0 Å². The minimum atomic E-state index is -0.767. The summed E-state index contributed by atoms with van der Waals surface area (Å²) in [6.07, 6.45) is -0.767. The molecule has 2 rings (SSSR count). The number of ether oxygens (including phenoxy) is 3. The second-order valence-corrected chi connectivity index (χ2v) is 5.88. The molecular weight excluding hydrogens is 367 g/mol. The summed E-state index contributed by atoms with van der Waals surface area (Å²) >= 11 is 0. The van der Waals surface area contributed by atoms with E-state index >= 15 is 0 Å². The Morgan fingerprint density at radius 2 is 1.75 bits per heavy atom. The third kappa shape index (κ3) is 7.81. The van der Waals surface area contributed by atoms with Crippen LogP contribution in [0.4, 0.5) is 4.39 Å². The van der Waals surface area contributed by atoms with Gasteiger partial charge in [0.2, 0.25) is 0 Å². The van der Waals surface area contributed by atoms with Gasteiger partial charge in [-0.1, -0.05) is 12.1 Å². The van der Waals surface area contributed by atoms with Crippen LogP contribution in [0.3, 0.4) is 0 Å². The molecule has 0 aromatic heterocycles. The summed E-state index contributed by atoms with van der Waals surface area (Å²) in [6.45, 7) is 1.17. The highest BCUT2D eigenvalue weighted by Crippen LogP contribution is 2.17. The number of aliphatic hydroxyl groups excluding tert-OH is 1. The Kier molecular flexibility index (Phi) is 9.03. The van der Waals surface area contributed by atoms with Crippen LogP contribution in [0.25, 0.3) is 0 Å². The van der Waals surface area contributed by atoms with Crippen LogP contribution in [0.1, 0.15) is 0 Å². The molecule has 152 valence electrons. The largest absolute Gasteiger partial charge is 0.492 e. The fourth-order valence-electron chi connectivity index (χ4n) is 2.17. The van der Waals surface area contributed by atoms with Gasteiger partial charge >= 0.3 is 0 Å². The maximum atomic E-state index is 13.4. The van der Waals surface area contributed by atoms with Crippen LogP contribution < -0.4 is 24.8 Å². The fourth-order valence-corrected chi connectivity index (χ4v) is 2.17. The second-order valence-electron chi connectivity index (χ2n) is 5.88. The average Bonchev–Trinajstić information content (AvgIpc) is 2.72. The first-order chi connectivity index (χ1) is 13.6. The van der Waals surface area contributed by atoms with Crippen LogP contribution in [0, 0.1) is 5.82 Å². The number of hydrogen-bond acceptors (Lipinski definition) is 6. The van der Waals surface area contributed by atoms with Crippen molar-refractivity contribution in [1.82, 2.24) is 10.6 Å². The van der Waals surface area contributed by atoms with E-state index in [4.69, 9.17) is 14.2 Å². The van der Waals surface area contributed by atoms with Crippen molar-refractivity contribution in [2.75, 3.05) is 40.0 Å². The normalized spacial score (nSPS) is 11.5. The topological polar surface area (TPSA) is 89.1 Å². The lowest BCUT2D eigenvalue weighted by Crippen LogP contribution is -2.33. The molecule has 0 spiro atoms. The highest BCUT2D eigenvalue weighted by molar-refractivity contribution is 5.77. The molecule has 1 unspecified atom stereocenters. The number of carbonyl (C=O) groups excluding carboxylic acids is 1. The predicted octanol–water partition coefficient (Wildman–Crippen LogP) is 1.36. The van der Waals surface area contributed by atoms with Crippen LogP contribution in [0.15, 0.2) is 48.5 Å². The number of carbonyl (C=O) groups is 1. The minimum absolute atomic E-state index is 0.00763. The molecular formula is C20H25FN2O5. The Hall–Kier alpha value is -2.84. The van der Waals surface area contributed by atoms with Crippen LogP contribution in [-0.4, -0.2) is 57.1 Å². The molecule has 1 atom stereocenters. The van der Waals surface area contributed by atoms with Crippen molar-refractivity contribution in [2.45, 2.75) is 6.10 Å². The van der Waals surface area contributed by atoms with Crippen LogP contribution >= 0.6 is 0 Å². The molecule has 3 N–H and O–H groups in total. The molecule has 0 aliphatic carbocycles. The van der Waals surface area contributed by atoms with Gasteiger partial charge in [0.05, 0.1) is 0 Å². The van der Waals surface area contributed by atoms with Crippen molar-refractivity contribution in [2.24, 2.45) is 0 Å². The zero-order valence-electron chi connectivity index (χ0n) is 15.7. The highest BCUT2D eigenvalue weighted by Gasteiger charge is 2.07. The van der Waals surface area contributed by atoms with Crippen molar-refractivity contribution in [1.29, 1.82) is 0 Å². The lowest BCUT2D eigenvalue weighted by Gasteiger charge is -2.14. The summed E-state index contributed by atoms with van der Waals surface area (Å²) in [5.41, 5.74) is 0. The third-order valence-corrected chi connectivity index (χ3v) is 3.67. The van der Waals surface area contributed by atoms with Crippen LogP contribution in [0.2, 0.25) is 0 Å². The van der Waals surface area contributed by atoms with E-state index < -0.39 is 11.9 Å². The Bertz CT molecular complexity index is 727. The van der Waals surface area contributed by atoms with E-state index in [-0.39, 0.29) is 24.9 Å². The van der Waals surface area contributed by atoms with Crippen molar-refractivity contribution < 1.29 is 28.5 Å². The number of likely N-dealkylation sites (N-methyl/N-ethyl adjacent to an activating group) is 1. The van der Waals surface area contributed by atoms with E-state index in [1.165, 1.54) is 12.1 Å². The highest BCUT2D eigenvalue weighted by atomic mass is 19.1. The third-order valence-electron chi connectivity index (χ3n) is 3.67. The SMILES string of the molecule is CNC(=O)COc1ccc(OCCNCC(O)COc2ccccc2F)cc1. The first kappa shape index (κ1) is 21.5. The van der Waals surface area contributed by atoms with Crippen molar-refractivity contribution in [3.05, 3.63) is 54.3 Å². The average molecular weight is 392 g/mol. The minimum Gasteiger partial charge on any atom is -0.492 e. The zero-order valence-corrected chi connectivity index (χ0v) is 15.7. The smallest absolute Gasteiger partial charge is 0.257 e. The van der Waals surface area contributed by atoms with E-state index in [1.54, 1.807) is 43.4 Å². The standard InChI is InChI=1S/C20H25FN2O5/c1-22-20(25)14-27-17-8-6-16(7-9-17)26-11-10-23-12-15(24)13-28-19-5-3-2-4-18(19)21/h2-9,15,23-24H,10-14H2,1H3,(H,22,25). The van der Waals surface area contributed by atoms with Gasteiger partial charge in [-0.15, -0.1) is 0 Å². The second kappa shape index (κ2) is 11.8. The molecule has 2 aromatic rings. The number of benzene rings is 2. The number of hydrogen-bond donors (Lipinski definition) is 3. The number of aliphatic hydroxyl groups is 1. The van der Waals surface area contributed by atoms with Crippen molar-refractivity contribution in [3.8, 4) is 17.2 Å². The number of halogens is 1. The predicted molar refractivity (Wildman–Crippen MR) is 102 cm³/mol. The molecule has 2 aromatic carbocycles. The molecule has 0 aliphatic rings. The Morgan fingerprint density at radius 3 is 2.43 bits per heavy atom. The summed E-state index contributed by atoms with van der Waals surface area (Å²) in [5, 5.41) is 15.4. The monoisotopic (exact) mass is 392 g/mol. The molecule has 0 saturated carbocycles. The Labute approximate surface area is 163 Å². The molecule has 0 radical (unpaired) electrons. The van der Waals surface area contributed by atoms with E-state index in [0.717, 1.165) is 0 Å². The number of para-hydroxylation sites is 1. The molecule has 1 amide bonds. The maximum Gasteiger partial charge on any atom is 0.257 e. The summed E-state index contributed by atoms with van der Waals surface area (Å²) in [6, 6.07) is 13.0. The van der Waals surface area contributed by atoms with E-state index in [9.17, 15) is 14.3 Å². The number of nitrogens with one attached hydrogen (secondary N) is 2. The quantitative estimate of drug-likeness (QED) is 0.473. The van der Waals surface area contributed by atoms with E-state index in [2.05, 4.69) is 10.6 Å². The fraction of sp³-hybridized carbons (Fsp3) is 0.350. The van der Waals surface area contributed by atoms with E-state index in [0.29, 0.717) is 31.2 Å². The lowest BCUT2D eigenvalue weighted by atomic mass is 10.3. The molecule has 7 nitrogen and oxygen atoms in total. The van der Waals surface area contributed by atoms with Gasteiger partial charge in [0, 0.05) is 20.1 Å². The van der Waals surface area contributed by atoms with Gasteiger partial charge in [0.25, 0.3) is 5.91 Å². The van der Waals surface area contributed by atoms with Gasteiger partial charge in [0.1, 0.15) is 30.8 Å². The number of rotatable bonds is 12. The lowest BCUT2D eigenvalue weighted by molar-refractivity contribution is -0.122. The van der Waals surface area contributed by atoms with Gasteiger partial charge < -0.3 is 30.0 Å². The van der Waals surface area contributed by atoms with Gasteiger partial charge in [-0.05, 0) is 36.4 Å². The first-order valence-electron chi connectivity index (χ1n) is 8.91. The summed E-state index contributed by atoms with van der Waals surface area (Å²) in [7, 11) is 1.55.